The lowest BCUT2D eigenvalue weighted by atomic mass is 10.0. The third-order valence-corrected chi connectivity index (χ3v) is 3.52. The number of nitrogens with one attached hydrogen (secondary N) is 2. The van der Waals surface area contributed by atoms with Crippen LogP contribution in [0, 0.1) is 18.8 Å². The number of nitrogens with zero attached hydrogens (tertiary/aromatic N) is 1. The summed E-state index contributed by atoms with van der Waals surface area (Å²) in [6, 6.07) is 1.37. The smallest absolute Gasteiger partial charge is 0.289 e. The van der Waals surface area contributed by atoms with Crippen molar-refractivity contribution in [2.45, 2.75) is 53.7 Å². The van der Waals surface area contributed by atoms with E-state index in [-0.39, 0.29) is 29.5 Å². The zero-order valence-corrected chi connectivity index (χ0v) is 15.4. The highest BCUT2D eigenvalue weighted by Crippen LogP contribution is 2.05. The van der Waals surface area contributed by atoms with Crippen LogP contribution in [0.3, 0.4) is 0 Å². The molecule has 7 nitrogen and oxygen atoms in total. The normalized spacial score (nSPS) is 13.8. The highest BCUT2D eigenvalue weighted by molar-refractivity contribution is 5.91. The Balaban J connectivity index is 2.51. The summed E-state index contributed by atoms with van der Waals surface area (Å²) in [5, 5.41) is 9.37. The molecular weight excluding hydrogens is 310 g/mol. The molecule has 2 N–H and O–H groups in total. The number of rotatable bonds is 9. The molecule has 0 aromatic carbocycles. The third-order valence-electron chi connectivity index (χ3n) is 3.52. The van der Waals surface area contributed by atoms with Crippen molar-refractivity contribution < 1.29 is 18.8 Å². The Labute approximate surface area is 143 Å². The Morgan fingerprint density at radius 1 is 1.25 bits per heavy atom. The fourth-order valence-corrected chi connectivity index (χ4v) is 1.93. The van der Waals surface area contributed by atoms with E-state index in [9.17, 15) is 9.59 Å². The lowest BCUT2D eigenvalue weighted by molar-refractivity contribution is -0.133. The van der Waals surface area contributed by atoms with Gasteiger partial charge in [0.2, 0.25) is 11.7 Å². The van der Waals surface area contributed by atoms with Gasteiger partial charge in [-0.15, -0.1) is 0 Å². The molecule has 0 aliphatic rings. The van der Waals surface area contributed by atoms with Gasteiger partial charge in [0, 0.05) is 25.3 Å². The zero-order chi connectivity index (χ0) is 18.3. The van der Waals surface area contributed by atoms with Crippen LogP contribution in [0.25, 0.3) is 0 Å². The molecule has 0 fully saturated rings. The summed E-state index contributed by atoms with van der Waals surface area (Å²) in [4.78, 5) is 24.2. The van der Waals surface area contributed by atoms with Crippen molar-refractivity contribution in [1.29, 1.82) is 0 Å². The highest BCUT2D eigenvalue weighted by atomic mass is 16.5. The first-order valence-electron chi connectivity index (χ1n) is 8.34. The number of aryl methyl sites for hydroxylation is 1. The van der Waals surface area contributed by atoms with Crippen LogP contribution in [-0.2, 0) is 9.53 Å². The third kappa shape index (κ3) is 6.70. The first-order valence-corrected chi connectivity index (χ1v) is 8.34. The van der Waals surface area contributed by atoms with Crippen molar-refractivity contribution in [3.63, 3.8) is 0 Å². The van der Waals surface area contributed by atoms with E-state index in [2.05, 4.69) is 15.8 Å². The van der Waals surface area contributed by atoms with Crippen LogP contribution in [0.15, 0.2) is 10.6 Å². The lowest BCUT2D eigenvalue weighted by Gasteiger charge is -2.24. The average Bonchev–Trinajstić information content (AvgIpc) is 2.94. The summed E-state index contributed by atoms with van der Waals surface area (Å²) in [7, 11) is 0. The van der Waals surface area contributed by atoms with Crippen LogP contribution in [0.1, 0.15) is 50.9 Å². The topological polar surface area (TPSA) is 93.5 Å². The van der Waals surface area contributed by atoms with Crippen molar-refractivity contribution in [2.75, 3.05) is 13.2 Å². The summed E-state index contributed by atoms with van der Waals surface area (Å²) in [5.74, 6) is 0.155. The van der Waals surface area contributed by atoms with Crippen LogP contribution in [0.4, 0.5) is 0 Å². The van der Waals surface area contributed by atoms with E-state index >= 15 is 0 Å². The Morgan fingerprint density at radius 2 is 1.92 bits per heavy atom. The van der Waals surface area contributed by atoms with Gasteiger partial charge in [-0.3, -0.25) is 9.59 Å². The molecule has 1 aromatic rings. The van der Waals surface area contributed by atoms with Gasteiger partial charge in [0.15, 0.2) is 0 Å². The van der Waals surface area contributed by atoms with Crippen molar-refractivity contribution in [2.24, 2.45) is 11.8 Å². The predicted molar refractivity (Wildman–Crippen MR) is 90.6 cm³/mol. The van der Waals surface area contributed by atoms with E-state index in [4.69, 9.17) is 9.26 Å². The van der Waals surface area contributed by atoms with E-state index in [0.29, 0.717) is 24.8 Å². The van der Waals surface area contributed by atoms with Crippen molar-refractivity contribution in [1.82, 2.24) is 15.8 Å². The monoisotopic (exact) mass is 339 g/mol. The summed E-state index contributed by atoms with van der Waals surface area (Å²) in [6.45, 7) is 12.3. The number of carbonyl (C=O) groups is 2. The molecule has 7 heteroatoms. The maximum Gasteiger partial charge on any atom is 0.289 e. The van der Waals surface area contributed by atoms with Gasteiger partial charge in [-0.25, -0.2) is 0 Å². The van der Waals surface area contributed by atoms with Gasteiger partial charge < -0.3 is 19.9 Å². The summed E-state index contributed by atoms with van der Waals surface area (Å²) in [6.07, 6.45) is -0.527. The minimum Gasteiger partial charge on any atom is -0.368 e. The molecule has 0 aliphatic heterocycles. The molecule has 0 radical (unpaired) electrons. The molecule has 2 atom stereocenters. The molecule has 2 unspecified atom stereocenters. The van der Waals surface area contributed by atoms with Gasteiger partial charge in [-0.1, -0.05) is 32.9 Å². The Bertz CT molecular complexity index is 540. The van der Waals surface area contributed by atoms with Crippen molar-refractivity contribution >= 4 is 11.8 Å². The standard InChI is InChI=1S/C17H29N3O4/c1-10(2)9-23-13(6)16(21)19-14(11(3)4)8-18-17(22)15-7-12(5)20-24-15/h7,10-11,13-14H,8-9H2,1-6H3,(H,18,22)(H,19,21). The molecule has 1 rings (SSSR count). The largest absolute Gasteiger partial charge is 0.368 e. The van der Waals surface area contributed by atoms with E-state index in [1.54, 1.807) is 19.9 Å². The first-order chi connectivity index (χ1) is 11.2. The molecule has 136 valence electrons. The predicted octanol–water partition coefficient (Wildman–Crippen LogP) is 1.91. The zero-order valence-electron chi connectivity index (χ0n) is 15.4. The Morgan fingerprint density at radius 3 is 2.42 bits per heavy atom. The Hall–Kier alpha value is -1.89. The molecule has 1 aromatic heterocycles. The molecule has 2 amide bonds. The minimum absolute atomic E-state index is 0.156. The number of hydrogen-bond donors (Lipinski definition) is 2. The molecule has 1 heterocycles. The number of carbonyl (C=O) groups excluding carboxylic acids is 2. The number of hydrogen-bond acceptors (Lipinski definition) is 5. The molecule has 0 aliphatic carbocycles. The minimum atomic E-state index is -0.527. The lowest BCUT2D eigenvalue weighted by Crippen LogP contribution is -2.49. The van der Waals surface area contributed by atoms with E-state index in [1.807, 2.05) is 27.7 Å². The quantitative estimate of drug-likeness (QED) is 0.717. The van der Waals surface area contributed by atoms with Gasteiger partial charge in [-0.05, 0) is 25.7 Å². The number of amides is 2. The maximum atomic E-state index is 12.2. The number of aromatic nitrogens is 1. The van der Waals surface area contributed by atoms with E-state index < -0.39 is 6.10 Å². The number of ether oxygens (including phenoxy) is 1. The molecule has 0 saturated heterocycles. The molecule has 0 bridgehead atoms. The van der Waals surface area contributed by atoms with Crippen LogP contribution in [0.2, 0.25) is 0 Å². The van der Waals surface area contributed by atoms with Crippen LogP contribution >= 0.6 is 0 Å². The SMILES string of the molecule is Cc1cc(C(=O)NCC(NC(=O)C(C)OCC(C)C)C(C)C)on1. The van der Waals surface area contributed by atoms with Gasteiger partial charge in [0.05, 0.1) is 5.69 Å². The van der Waals surface area contributed by atoms with Gasteiger partial charge in [-0.2, -0.15) is 0 Å². The average molecular weight is 339 g/mol. The molecule has 24 heavy (non-hydrogen) atoms. The van der Waals surface area contributed by atoms with Gasteiger partial charge >= 0.3 is 0 Å². The van der Waals surface area contributed by atoms with Gasteiger partial charge in [0.25, 0.3) is 5.91 Å². The first kappa shape index (κ1) is 20.2. The Kier molecular flexibility index (Phi) is 7.91. The fraction of sp³-hybridized carbons (Fsp3) is 0.706. The molecule has 0 spiro atoms. The summed E-state index contributed by atoms with van der Waals surface area (Å²) in [5.41, 5.74) is 0.644. The molecular formula is C17H29N3O4. The van der Waals surface area contributed by atoms with Crippen molar-refractivity contribution in [3.05, 3.63) is 17.5 Å². The summed E-state index contributed by atoms with van der Waals surface area (Å²) >= 11 is 0. The molecule has 0 saturated carbocycles. The van der Waals surface area contributed by atoms with Gasteiger partial charge in [0.1, 0.15) is 6.10 Å². The van der Waals surface area contributed by atoms with E-state index in [0.717, 1.165) is 0 Å². The fourth-order valence-electron chi connectivity index (χ4n) is 1.93. The second-order valence-corrected chi connectivity index (χ2v) is 6.77. The maximum absolute atomic E-state index is 12.2. The second kappa shape index (κ2) is 9.42. The van der Waals surface area contributed by atoms with Crippen LogP contribution in [-0.4, -0.2) is 42.3 Å². The van der Waals surface area contributed by atoms with Crippen molar-refractivity contribution in [3.8, 4) is 0 Å². The van der Waals surface area contributed by atoms with Crippen LogP contribution in [0.5, 0.6) is 0 Å². The highest BCUT2D eigenvalue weighted by Gasteiger charge is 2.22. The van der Waals surface area contributed by atoms with Crippen LogP contribution < -0.4 is 10.6 Å². The summed E-state index contributed by atoms with van der Waals surface area (Å²) < 4.78 is 10.4. The second-order valence-electron chi connectivity index (χ2n) is 6.77. The van der Waals surface area contributed by atoms with E-state index in [1.165, 1.54) is 0 Å².